The summed E-state index contributed by atoms with van der Waals surface area (Å²) in [6, 6.07) is 15.1. The number of ketones is 1. The highest BCUT2D eigenvalue weighted by atomic mass is 16.6. The maximum Gasteiger partial charge on any atom is 0.320 e. The summed E-state index contributed by atoms with van der Waals surface area (Å²) in [5, 5.41) is 10.8. The molecule has 1 aliphatic heterocycles. The Bertz CT molecular complexity index is 889. The lowest BCUT2D eigenvalue weighted by Gasteiger charge is -2.44. The molecule has 6 nitrogen and oxygen atoms in total. The van der Waals surface area contributed by atoms with E-state index in [0.29, 0.717) is 5.56 Å². The van der Waals surface area contributed by atoms with E-state index < -0.39 is 27.8 Å². The van der Waals surface area contributed by atoms with Crippen LogP contribution in [-0.4, -0.2) is 16.7 Å². The molecular weight excluding hydrogens is 346 g/mol. The average Bonchev–Trinajstić information content (AvgIpc) is 2.65. The van der Waals surface area contributed by atoms with Crippen LogP contribution in [0.2, 0.25) is 0 Å². The number of hydrogen-bond acceptors (Lipinski definition) is 5. The lowest BCUT2D eigenvalue weighted by atomic mass is 9.64. The fourth-order valence-electron chi connectivity index (χ4n) is 3.72. The summed E-state index contributed by atoms with van der Waals surface area (Å²) >= 11 is 0. The highest BCUT2D eigenvalue weighted by molar-refractivity contribution is 6.08. The fraction of sp³-hybridized carbons (Fsp3) is 0.333. The van der Waals surface area contributed by atoms with E-state index in [4.69, 9.17) is 4.74 Å². The van der Waals surface area contributed by atoms with Crippen LogP contribution in [0.5, 0.6) is 0 Å². The number of ether oxygens (including phenoxy) is 1. The van der Waals surface area contributed by atoms with Crippen LogP contribution in [-0.2, 0) is 20.7 Å². The number of carbonyl (C=O) groups excluding carboxylic acids is 2. The third kappa shape index (κ3) is 3.23. The Hall–Kier alpha value is -3.02. The smallest absolute Gasteiger partial charge is 0.320 e. The third-order valence-corrected chi connectivity index (χ3v) is 5.22. The van der Waals surface area contributed by atoms with Crippen molar-refractivity contribution in [1.82, 2.24) is 0 Å². The van der Waals surface area contributed by atoms with Gasteiger partial charge in [0.25, 0.3) is 5.69 Å². The molecule has 3 rings (SSSR count). The zero-order valence-electron chi connectivity index (χ0n) is 15.5. The molecule has 2 aromatic rings. The molecule has 2 aromatic carbocycles. The SMILES string of the molecule is CC1(Cc2ccc([N+](=O)[O-])cc2)C(=O)OC(c2ccccc2)C(C)(C)C1=O. The minimum Gasteiger partial charge on any atom is -0.456 e. The molecule has 2 atom stereocenters. The number of Topliss-reactive ketones (excluding diaryl/α,β-unsaturated/α-hetero) is 1. The molecule has 0 bridgehead atoms. The Morgan fingerprint density at radius 1 is 1.00 bits per heavy atom. The molecule has 0 N–H and O–H groups in total. The number of nitro groups is 1. The summed E-state index contributed by atoms with van der Waals surface area (Å²) in [6.45, 7) is 5.16. The van der Waals surface area contributed by atoms with Crippen molar-refractivity contribution in [3.63, 3.8) is 0 Å². The number of nitrogens with zero attached hydrogens (tertiary/aromatic N) is 1. The number of rotatable bonds is 4. The molecule has 1 fully saturated rings. The van der Waals surface area contributed by atoms with Crippen LogP contribution in [0.4, 0.5) is 5.69 Å². The van der Waals surface area contributed by atoms with Gasteiger partial charge < -0.3 is 4.74 Å². The van der Waals surface area contributed by atoms with E-state index in [9.17, 15) is 19.7 Å². The Morgan fingerprint density at radius 3 is 2.15 bits per heavy atom. The zero-order chi connectivity index (χ0) is 19.8. The van der Waals surface area contributed by atoms with Crippen molar-refractivity contribution < 1.29 is 19.2 Å². The summed E-state index contributed by atoms with van der Waals surface area (Å²) < 4.78 is 5.74. The lowest BCUT2D eigenvalue weighted by Crippen LogP contribution is -2.54. The molecular formula is C21H21NO5. The summed E-state index contributed by atoms with van der Waals surface area (Å²) in [5.74, 6) is -0.766. The second kappa shape index (κ2) is 6.61. The van der Waals surface area contributed by atoms with E-state index in [1.54, 1.807) is 32.9 Å². The van der Waals surface area contributed by atoms with Gasteiger partial charge in [-0.1, -0.05) is 42.5 Å². The van der Waals surface area contributed by atoms with Crippen LogP contribution >= 0.6 is 0 Å². The molecule has 1 saturated heterocycles. The molecule has 140 valence electrons. The molecule has 27 heavy (non-hydrogen) atoms. The summed E-state index contributed by atoms with van der Waals surface area (Å²) in [4.78, 5) is 36.5. The van der Waals surface area contributed by atoms with E-state index in [-0.39, 0.29) is 17.9 Å². The van der Waals surface area contributed by atoms with Gasteiger partial charge in [-0.2, -0.15) is 0 Å². The van der Waals surface area contributed by atoms with Crippen LogP contribution in [0.15, 0.2) is 54.6 Å². The standard InChI is InChI=1S/C21H21NO5/c1-20(2)17(15-7-5-4-6-8-15)27-19(24)21(3,18(20)23)13-14-9-11-16(12-10-14)22(25)26/h4-12,17H,13H2,1-3H3. The quantitative estimate of drug-likeness (QED) is 0.352. The summed E-state index contributed by atoms with van der Waals surface area (Å²) in [6.07, 6.45) is -0.517. The molecule has 0 amide bonds. The summed E-state index contributed by atoms with van der Waals surface area (Å²) in [7, 11) is 0. The first-order valence-corrected chi connectivity index (χ1v) is 8.70. The van der Waals surface area contributed by atoms with E-state index in [0.717, 1.165) is 5.56 Å². The predicted octanol–water partition coefficient (Wildman–Crippen LogP) is 4.04. The van der Waals surface area contributed by atoms with Gasteiger partial charge in [-0.05, 0) is 38.3 Å². The largest absolute Gasteiger partial charge is 0.456 e. The van der Waals surface area contributed by atoms with Crippen molar-refractivity contribution in [3.05, 3.63) is 75.8 Å². The third-order valence-electron chi connectivity index (χ3n) is 5.22. The number of cyclic esters (lactones) is 1. The Morgan fingerprint density at radius 2 is 1.59 bits per heavy atom. The molecule has 6 heteroatoms. The van der Waals surface area contributed by atoms with Crippen molar-refractivity contribution in [1.29, 1.82) is 0 Å². The topological polar surface area (TPSA) is 86.5 Å². The van der Waals surface area contributed by atoms with Gasteiger partial charge in [0.15, 0.2) is 5.78 Å². The number of non-ortho nitro benzene ring substituents is 1. The van der Waals surface area contributed by atoms with E-state index in [2.05, 4.69) is 0 Å². The number of hydrogen-bond donors (Lipinski definition) is 0. The highest BCUT2D eigenvalue weighted by Crippen LogP contribution is 2.48. The number of esters is 1. The highest BCUT2D eigenvalue weighted by Gasteiger charge is 2.57. The van der Waals surface area contributed by atoms with Crippen LogP contribution in [0, 0.1) is 20.9 Å². The van der Waals surface area contributed by atoms with Crippen LogP contribution in [0.3, 0.4) is 0 Å². The molecule has 0 aliphatic carbocycles. The molecule has 0 radical (unpaired) electrons. The molecule has 0 spiro atoms. The molecule has 0 saturated carbocycles. The first-order valence-electron chi connectivity index (χ1n) is 8.70. The van der Waals surface area contributed by atoms with Gasteiger partial charge in [0, 0.05) is 12.1 Å². The normalized spacial score (nSPS) is 24.3. The zero-order valence-corrected chi connectivity index (χ0v) is 15.5. The van der Waals surface area contributed by atoms with Crippen molar-refractivity contribution in [3.8, 4) is 0 Å². The Labute approximate surface area is 157 Å². The van der Waals surface area contributed by atoms with Gasteiger partial charge in [-0.15, -0.1) is 0 Å². The number of nitro benzene ring substituents is 1. The van der Waals surface area contributed by atoms with Gasteiger partial charge in [0.05, 0.1) is 10.3 Å². The average molecular weight is 367 g/mol. The predicted molar refractivity (Wildman–Crippen MR) is 99.0 cm³/mol. The van der Waals surface area contributed by atoms with Gasteiger partial charge in [0.1, 0.15) is 11.5 Å². The van der Waals surface area contributed by atoms with Crippen LogP contribution in [0.1, 0.15) is 38.0 Å². The Kier molecular flexibility index (Phi) is 4.59. The van der Waals surface area contributed by atoms with Gasteiger partial charge in [-0.3, -0.25) is 19.7 Å². The van der Waals surface area contributed by atoms with Crippen LogP contribution in [0.25, 0.3) is 0 Å². The maximum atomic E-state index is 13.3. The van der Waals surface area contributed by atoms with Gasteiger partial charge in [-0.25, -0.2) is 0 Å². The van der Waals surface area contributed by atoms with E-state index >= 15 is 0 Å². The van der Waals surface area contributed by atoms with Crippen molar-refractivity contribution in [2.75, 3.05) is 0 Å². The van der Waals surface area contributed by atoms with E-state index in [1.807, 2.05) is 30.3 Å². The Balaban J connectivity index is 1.91. The maximum absolute atomic E-state index is 13.3. The van der Waals surface area contributed by atoms with Crippen molar-refractivity contribution in [2.45, 2.75) is 33.3 Å². The van der Waals surface area contributed by atoms with Gasteiger partial charge in [0.2, 0.25) is 0 Å². The fourth-order valence-corrected chi connectivity index (χ4v) is 3.72. The monoisotopic (exact) mass is 367 g/mol. The molecule has 2 unspecified atom stereocenters. The van der Waals surface area contributed by atoms with Gasteiger partial charge >= 0.3 is 5.97 Å². The van der Waals surface area contributed by atoms with E-state index in [1.165, 1.54) is 12.1 Å². The van der Waals surface area contributed by atoms with Crippen LogP contribution < -0.4 is 0 Å². The molecule has 1 aliphatic rings. The number of carbonyl (C=O) groups is 2. The minimum atomic E-state index is -1.34. The first-order chi connectivity index (χ1) is 12.7. The van der Waals surface area contributed by atoms with Crippen molar-refractivity contribution in [2.24, 2.45) is 10.8 Å². The second-order valence-corrected chi connectivity index (χ2v) is 7.68. The number of benzene rings is 2. The molecule has 0 aromatic heterocycles. The molecule has 1 heterocycles. The summed E-state index contributed by atoms with van der Waals surface area (Å²) in [5.41, 5.74) is -0.828. The minimum absolute atomic E-state index is 0.0362. The lowest BCUT2D eigenvalue weighted by molar-refractivity contribution is -0.384. The first kappa shape index (κ1) is 18.8. The second-order valence-electron chi connectivity index (χ2n) is 7.68. The van der Waals surface area contributed by atoms with Crippen molar-refractivity contribution >= 4 is 17.4 Å².